The summed E-state index contributed by atoms with van der Waals surface area (Å²) in [6, 6.07) is 7.77. The van der Waals surface area contributed by atoms with Gasteiger partial charge in [-0.15, -0.1) is 17.0 Å². The minimum atomic E-state index is -0.522. The lowest BCUT2D eigenvalue weighted by atomic mass is 10.0. The van der Waals surface area contributed by atoms with Gasteiger partial charge in [-0.3, -0.25) is 4.99 Å². The molecule has 0 unspecified atom stereocenters. The molecule has 2 nitrogen and oxygen atoms in total. The maximum Gasteiger partial charge on any atom is 0.168 e. The molecule has 0 saturated carbocycles. The average molecular weight is 383 g/mol. The second-order valence-corrected chi connectivity index (χ2v) is 6.26. The zero-order chi connectivity index (χ0) is 14.6. The van der Waals surface area contributed by atoms with Gasteiger partial charge in [0.1, 0.15) is 11.6 Å². The molecule has 0 spiro atoms. The number of nitrogens with zero attached hydrogens (tertiary/aromatic N) is 2. The molecule has 0 bridgehead atoms. The Labute approximate surface area is 141 Å². The van der Waals surface area contributed by atoms with E-state index in [0.717, 1.165) is 34.4 Å². The zero-order valence-electron chi connectivity index (χ0n) is 11.8. The van der Waals surface area contributed by atoms with Crippen LogP contribution >= 0.6 is 28.7 Å². The molecule has 0 atom stereocenters. The van der Waals surface area contributed by atoms with Crippen molar-refractivity contribution < 1.29 is 8.78 Å². The van der Waals surface area contributed by atoms with Crippen LogP contribution in [0.25, 0.3) is 16.5 Å². The highest BCUT2D eigenvalue weighted by atomic mass is 79.9. The van der Waals surface area contributed by atoms with Crippen molar-refractivity contribution in [2.45, 2.75) is 6.92 Å². The van der Waals surface area contributed by atoms with E-state index in [4.69, 9.17) is 0 Å². The highest BCUT2D eigenvalue weighted by Crippen LogP contribution is 2.43. The smallest absolute Gasteiger partial charge is 0.168 e. The van der Waals surface area contributed by atoms with Crippen molar-refractivity contribution in [2.24, 2.45) is 4.99 Å². The van der Waals surface area contributed by atoms with Gasteiger partial charge in [0.25, 0.3) is 0 Å². The maximum absolute atomic E-state index is 14.0. The Morgan fingerprint density at radius 1 is 1.14 bits per heavy atom. The van der Waals surface area contributed by atoms with E-state index < -0.39 is 11.6 Å². The van der Waals surface area contributed by atoms with Crippen LogP contribution in [0.5, 0.6) is 0 Å². The summed E-state index contributed by atoms with van der Waals surface area (Å²) >= 11 is 1.62. The summed E-state index contributed by atoms with van der Waals surface area (Å²) in [7, 11) is 0. The van der Waals surface area contributed by atoms with Gasteiger partial charge in [-0.1, -0.05) is 23.9 Å². The number of hydrogen-bond donors (Lipinski definition) is 0. The average Bonchev–Trinajstić information content (AvgIpc) is 3.00. The number of aliphatic imine (C=N–C) groups is 1. The van der Waals surface area contributed by atoms with Crippen molar-refractivity contribution in [2.75, 3.05) is 13.1 Å². The standard InChI is InChI=1S/C16H12F2N2S.BrH/c1-9-15(20-8-7-19-16(20)21-9)11-5-6-13(18)14-10(11)3-2-4-12(14)17;/h2-6H,7-8H2,1H3;1H. The molecule has 0 aliphatic carbocycles. The molecular formula is C16H13BrF2N2S. The summed E-state index contributed by atoms with van der Waals surface area (Å²) in [4.78, 5) is 7.71. The van der Waals surface area contributed by atoms with Crippen LogP contribution in [0.3, 0.4) is 0 Å². The van der Waals surface area contributed by atoms with E-state index in [1.54, 1.807) is 30.0 Å². The van der Waals surface area contributed by atoms with Gasteiger partial charge in [-0.25, -0.2) is 8.78 Å². The minimum absolute atomic E-state index is 0. The van der Waals surface area contributed by atoms with E-state index >= 15 is 0 Å². The third-order valence-corrected chi connectivity index (χ3v) is 4.88. The molecule has 0 fully saturated rings. The molecule has 2 aromatic rings. The predicted molar refractivity (Wildman–Crippen MR) is 93.4 cm³/mol. The monoisotopic (exact) mass is 382 g/mol. The van der Waals surface area contributed by atoms with E-state index in [-0.39, 0.29) is 22.4 Å². The Bertz CT molecular complexity index is 824. The van der Waals surface area contributed by atoms with E-state index in [1.807, 2.05) is 6.92 Å². The quantitative estimate of drug-likeness (QED) is 0.703. The second kappa shape index (κ2) is 5.66. The summed E-state index contributed by atoms with van der Waals surface area (Å²) in [5, 5.41) is 1.65. The topological polar surface area (TPSA) is 15.6 Å². The zero-order valence-corrected chi connectivity index (χ0v) is 14.3. The first-order valence-corrected chi connectivity index (χ1v) is 7.56. The molecule has 114 valence electrons. The minimum Gasteiger partial charge on any atom is -0.318 e. The predicted octanol–water partition coefficient (Wildman–Crippen LogP) is 4.80. The van der Waals surface area contributed by atoms with Crippen LogP contribution in [0.4, 0.5) is 8.78 Å². The molecule has 2 aliphatic rings. The largest absolute Gasteiger partial charge is 0.318 e. The first-order chi connectivity index (χ1) is 10.2. The lowest BCUT2D eigenvalue weighted by Gasteiger charge is -2.19. The fraction of sp³-hybridized carbons (Fsp3) is 0.188. The normalized spacial score (nSPS) is 16.9. The van der Waals surface area contributed by atoms with Crippen molar-refractivity contribution in [3.05, 3.63) is 52.4 Å². The summed E-state index contributed by atoms with van der Waals surface area (Å²) in [5.41, 5.74) is 1.88. The summed E-state index contributed by atoms with van der Waals surface area (Å²) in [6.45, 7) is 3.62. The molecule has 0 N–H and O–H groups in total. The molecular weight excluding hydrogens is 370 g/mol. The highest BCUT2D eigenvalue weighted by molar-refractivity contribution is 8.93. The van der Waals surface area contributed by atoms with Crippen LogP contribution in [0.2, 0.25) is 0 Å². The van der Waals surface area contributed by atoms with Crippen molar-refractivity contribution in [1.82, 2.24) is 4.90 Å². The van der Waals surface area contributed by atoms with Crippen LogP contribution in [0.1, 0.15) is 12.5 Å². The summed E-state index contributed by atoms with van der Waals surface area (Å²) < 4.78 is 28.0. The van der Waals surface area contributed by atoms with E-state index in [2.05, 4.69) is 9.89 Å². The molecule has 4 rings (SSSR count). The molecule has 0 radical (unpaired) electrons. The molecule has 22 heavy (non-hydrogen) atoms. The van der Waals surface area contributed by atoms with Crippen LogP contribution in [0.15, 0.2) is 40.2 Å². The van der Waals surface area contributed by atoms with Gasteiger partial charge in [0.2, 0.25) is 0 Å². The Balaban J connectivity index is 0.00000144. The van der Waals surface area contributed by atoms with Crippen molar-refractivity contribution in [3.63, 3.8) is 0 Å². The number of halogens is 3. The third kappa shape index (κ3) is 2.16. The lowest BCUT2D eigenvalue weighted by molar-refractivity contribution is 0.607. The maximum atomic E-state index is 14.0. The highest BCUT2D eigenvalue weighted by Gasteiger charge is 2.32. The Hall–Kier alpha value is -1.40. The van der Waals surface area contributed by atoms with E-state index in [9.17, 15) is 8.78 Å². The van der Waals surface area contributed by atoms with Crippen LogP contribution in [-0.4, -0.2) is 23.2 Å². The molecule has 6 heteroatoms. The molecule has 2 aromatic carbocycles. The molecule has 2 aliphatic heterocycles. The Morgan fingerprint density at radius 2 is 1.91 bits per heavy atom. The first kappa shape index (κ1) is 15.5. The lowest BCUT2D eigenvalue weighted by Crippen LogP contribution is -2.20. The van der Waals surface area contributed by atoms with Gasteiger partial charge >= 0.3 is 0 Å². The number of benzene rings is 2. The van der Waals surface area contributed by atoms with Gasteiger partial charge in [0.15, 0.2) is 5.17 Å². The van der Waals surface area contributed by atoms with Crippen LogP contribution in [0, 0.1) is 11.6 Å². The molecule has 0 aromatic heterocycles. The van der Waals surface area contributed by atoms with Crippen molar-refractivity contribution >= 4 is 50.4 Å². The van der Waals surface area contributed by atoms with Crippen LogP contribution < -0.4 is 0 Å². The number of fused-ring (bicyclic) bond motifs is 2. The Kier molecular flexibility index (Phi) is 3.99. The van der Waals surface area contributed by atoms with Crippen molar-refractivity contribution in [1.29, 1.82) is 0 Å². The van der Waals surface area contributed by atoms with Crippen molar-refractivity contribution in [3.8, 4) is 0 Å². The SMILES string of the molecule is Br.CC1=C(c2ccc(F)c3c(F)cccc23)N2CCN=C2S1. The summed E-state index contributed by atoms with van der Waals surface area (Å²) in [6.07, 6.45) is 0. The van der Waals surface area contributed by atoms with Gasteiger partial charge in [0, 0.05) is 17.0 Å². The van der Waals surface area contributed by atoms with E-state index in [0.29, 0.717) is 5.39 Å². The summed E-state index contributed by atoms with van der Waals surface area (Å²) in [5.74, 6) is -1.04. The van der Waals surface area contributed by atoms with Gasteiger partial charge in [-0.2, -0.15) is 0 Å². The van der Waals surface area contributed by atoms with E-state index in [1.165, 1.54) is 12.1 Å². The third-order valence-electron chi connectivity index (χ3n) is 3.84. The molecule has 2 heterocycles. The molecule has 0 amide bonds. The Morgan fingerprint density at radius 3 is 2.73 bits per heavy atom. The van der Waals surface area contributed by atoms with Gasteiger partial charge < -0.3 is 4.90 Å². The number of hydrogen-bond acceptors (Lipinski definition) is 3. The number of rotatable bonds is 1. The van der Waals surface area contributed by atoms with Gasteiger partial charge in [0.05, 0.1) is 17.6 Å². The second-order valence-electron chi connectivity index (χ2n) is 5.08. The van der Waals surface area contributed by atoms with Gasteiger partial charge in [-0.05, 0) is 30.5 Å². The molecule has 0 saturated heterocycles. The first-order valence-electron chi connectivity index (χ1n) is 6.74. The number of amidine groups is 1. The fourth-order valence-electron chi connectivity index (χ4n) is 2.96. The van der Waals surface area contributed by atoms with Crippen LogP contribution in [-0.2, 0) is 0 Å². The number of thioether (sulfide) groups is 1. The fourth-order valence-corrected chi connectivity index (χ4v) is 4.00. The number of allylic oxidation sites excluding steroid dienone is 1.